The maximum atomic E-state index is 12.4. The molecule has 1 saturated heterocycles. The number of carbonyl (C=O) groups excluding carboxylic acids is 1. The summed E-state index contributed by atoms with van der Waals surface area (Å²) in [5.41, 5.74) is 2.31. The number of rotatable bonds is 5. The number of anilines is 2. The van der Waals surface area contributed by atoms with E-state index in [1.54, 1.807) is 6.07 Å². The van der Waals surface area contributed by atoms with Crippen LogP contribution in [0.3, 0.4) is 0 Å². The number of nitrogens with one attached hydrogen (secondary N) is 1. The van der Waals surface area contributed by atoms with Crippen molar-refractivity contribution in [1.82, 2.24) is 15.1 Å². The van der Waals surface area contributed by atoms with Crippen molar-refractivity contribution in [2.24, 2.45) is 0 Å². The fraction of sp³-hybridized carbons (Fsp3) is 0.261. The standard InChI is InChI=1S/C23H24ClN5O/c24-19-9-7-18(8-10-19)17-28-13-4-14-29(16-15-28)22-12-11-21(26-27-22)23(30)25-20-5-2-1-3-6-20/h1-3,5-12H,4,13-17H2,(H,25,30). The molecule has 0 bridgehead atoms. The van der Waals surface area contributed by atoms with Crippen LogP contribution in [0.2, 0.25) is 5.02 Å². The van der Waals surface area contributed by atoms with Crippen LogP contribution in [-0.4, -0.2) is 47.2 Å². The van der Waals surface area contributed by atoms with Gasteiger partial charge in [0.2, 0.25) is 0 Å². The molecule has 3 aromatic rings. The second-order valence-electron chi connectivity index (χ2n) is 7.34. The Morgan fingerprint density at radius 2 is 1.70 bits per heavy atom. The minimum Gasteiger partial charge on any atom is -0.354 e. The van der Waals surface area contributed by atoms with Crippen LogP contribution in [0, 0.1) is 0 Å². The first kappa shape index (κ1) is 20.3. The summed E-state index contributed by atoms with van der Waals surface area (Å²) < 4.78 is 0. The molecule has 0 unspecified atom stereocenters. The predicted octanol–water partition coefficient (Wildman–Crippen LogP) is 4.09. The maximum Gasteiger partial charge on any atom is 0.276 e. The first-order valence-corrected chi connectivity index (χ1v) is 10.5. The Balaban J connectivity index is 1.34. The second-order valence-corrected chi connectivity index (χ2v) is 7.78. The Labute approximate surface area is 181 Å². The molecule has 1 fully saturated rings. The lowest BCUT2D eigenvalue weighted by Crippen LogP contribution is -2.31. The van der Waals surface area contributed by atoms with E-state index in [-0.39, 0.29) is 5.91 Å². The molecule has 1 aliphatic rings. The van der Waals surface area contributed by atoms with Gasteiger partial charge in [0.25, 0.3) is 5.91 Å². The van der Waals surface area contributed by atoms with Crippen molar-refractivity contribution in [3.05, 3.63) is 83.0 Å². The zero-order chi connectivity index (χ0) is 20.8. The molecule has 1 N–H and O–H groups in total. The quantitative estimate of drug-likeness (QED) is 0.672. The number of aromatic nitrogens is 2. The van der Waals surface area contributed by atoms with Crippen LogP contribution in [0.5, 0.6) is 0 Å². The van der Waals surface area contributed by atoms with Gasteiger partial charge in [-0.2, -0.15) is 0 Å². The highest BCUT2D eigenvalue weighted by atomic mass is 35.5. The molecule has 0 radical (unpaired) electrons. The zero-order valence-electron chi connectivity index (χ0n) is 16.7. The van der Waals surface area contributed by atoms with Crippen LogP contribution >= 0.6 is 11.6 Å². The summed E-state index contributed by atoms with van der Waals surface area (Å²) in [5, 5.41) is 12.0. The first-order chi connectivity index (χ1) is 14.7. The third-order valence-corrected chi connectivity index (χ3v) is 5.40. The average molecular weight is 422 g/mol. The van der Waals surface area contributed by atoms with Crippen LogP contribution in [0.4, 0.5) is 11.5 Å². The molecule has 154 valence electrons. The summed E-state index contributed by atoms with van der Waals surface area (Å²) in [7, 11) is 0. The molecule has 1 amide bonds. The van der Waals surface area contributed by atoms with Gasteiger partial charge in [-0.05, 0) is 48.4 Å². The van der Waals surface area contributed by atoms with Gasteiger partial charge in [-0.25, -0.2) is 0 Å². The topological polar surface area (TPSA) is 61.4 Å². The lowest BCUT2D eigenvalue weighted by atomic mass is 10.2. The van der Waals surface area contributed by atoms with Gasteiger partial charge >= 0.3 is 0 Å². The Kier molecular flexibility index (Phi) is 6.57. The number of benzene rings is 2. The third kappa shape index (κ3) is 5.34. The van der Waals surface area contributed by atoms with Crippen molar-refractivity contribution in [2.45, 2.75) is 13.0 Å². The molecule has 30 heavy (non-hydrogen) atoms. The van der Waals surface area contributed by atoms with Gasteiger partial charge in [0, 0.05) is 43.4 Å². The highest BCUT2D eigenvalue weighted by Crippen LogP contribution is 2.16. The highest BCUT2D eigenvalue weighted by Gasteiger charge is 2.17. The summed E-state index contributed by atoms with van der Waals surface area (Å²) in [6, 6.07) is 21.0. The molecular formula is C23H24ClN5O. The smallest absolute Gasteiger partial charge is 0.276 e. The van der Waals surface area contributed by atoms with Gasteiger partial charge in [0.05, 0.1) is 0 Å². The third-order valence-electron chi connectivity index (χ3n) is 5.15. The van der Waals surface area contributed by atoms with E-state index >= 15 is 0 Å². The molecule has 0 spiro atoms. The molecule has 0 aliphatic carbocycles. The van der Waals surface area contributed by atoms with Crippen molar-refractivity contribution in [3.63, 3.8) is 0 Å². The molecule has 1 aliphatic heterocycles. The Hall–Kier alpha value is -2.96. The molecule has 1 aromatic heterocycles. The summed E-state index contributed by atoms with van der Waals surface area (Å²) in [6.07, 6.45) is 1.05. The van der Waals surface area contributed by atoms with E-state index in [1.165, 1.54) is 5.56 Å². The fourth-order valence-corrected chi connectivity index (χ4v) is 3.66. The van der Waals surface area contributed by atoms with Crippen molar-refractivity contribution in [1.29, 1.82) is 0 Å². The summed E-state index contributed by atoms with van der Waals surface area (Å²) in [6.45, 7) is 4.68. The number of nitrogens with zero attached hydrogens (tertiary/aromatic N) is 4. The van der Waals surface area contributed by atoms with E-state index in [0.29, 0.717) is 5.69 Å². The van der Waals surface area contributed by atoms with Gasteiger partial charge in [0.1, 0.15) is 0 Å². The number of hydrogen-bond donors (Lipinski definition) is 1. The molecular weight excluding hydrogens is 398 g/mol. The van der Waals surface area contributed by atoms with Gasteiger partial charge < -0.3 is 10.2 Å². The van der Waals surface area contributed by atoms with Gasteiger partial charge in [-0.3, -0.25) is 9.69 Å². The van der Waals surface area contributed by atoms with E-state index in [1.807, 2.05) is 48.5 Å². The van der Waals surface area contributed by atoms with Crippen LogP contribution in [0.25, 0.3) is 0 Å². The number of amides is 1. The van der Waals surface area contributed by atoms with Crippen LogP contribution < -0.4 is 10.2 Å². The summed E-state index contributed by atoms with van der Waals surface area (Å²) >= 11 is 5.98. The average Bonchev–Trinajstić information content (AvgIpc) is 3.02. The van der Waals surface area contributed by atoms with Crippen LogP contribution in [0.1, 0.15) is 22.5 Å². The normalized spacial score (nSPS) is 14.9. The predicted molar refractivity (Wildman–Crippen MR) is 120 cm³/mol. The van der Waals surface area contributed by atoms with Crippen molar-refractivity contribution >= 4 is 29.0 Å². The maximum absolute atomic E-state index is 12.4. The SMILES string of the molecule is O=C(Nc1ccccc1)c1ccc(N2CCCN(Cc3ccc(Cl)cc3)CC2)nn1. The molecule has 6 nitrogen and oxygen atoms in total. The lowest BCUT2D eigenvalue weighted by Gasteiger charge is -2.22. The fourth-order valence-electron chi connectivity index (χ4n) is 3.54. The number of hydrogen-bond acceptors (Lipinski definition) is 5. The van der Waals surface area contributed by atoms with Crippen molar-refractivity contribution in [2.75, 3.05) is 36.4 Å². The first-order valence-electron chi connectivity index (χ1n) is 10.1. The number of carbonyl (C=O) groups is 1. The monoisotopic (exact) mass is 421 g/mol. The van der Waals surface area contributed by atoms with Crippen LogP contribution in [-0.2, 0) is 6.54 Å². The Morgan fingerprint density at radius 1 is 0.900 bits per heavy atom. The highest BCUT2D eigenvalue weighted by molar-refractivity contribution is 6.30. The molecule has 2 heterocycles. The number of halogens is 1. The molecule has 0 atom stereocenters. The van der Waals surface area contributed by atoms with Gasteiger partial charge in [-0.15, -0.1) is 10.2 Å². The zero-order valence-corrected chi connectivity index (χ0v) is 17.4. The van der Waals surface area contributed by atoms with Gasteiger partial charge in [0.15, 0.2) is 11.5 Å². The summed E-state index contributed by atoms with van der Waals surface area (Å²) in [5.74, 6) is 0.546. The lowest BCUT2D eigenvalue weighted by molar-refractivity contribution is 0.102. The minimum absolute atomic E-state index is 0.259. The molecule has 7 heteroatoms. The Bertz CT molecular complexity index is 963. The second kappa shape index (κ2) is 9.69. The van der Waals surface area contributed by atoms with Crippen molar-refractivity contribution in [3.8, 4) is 0 Å². The molecule has 0 saturated carbocycles. The van der Waals surface area contributed by atoms with E-state index in [0.717, 1.165) is 55.7 Å². The number of para-hydroxylation sites is 1. The Morgan fingerprint density at radius 3 is 2.43 bits per heavy atom. The van der Waals surface area contributed by atoms with Crippen LogP contribution in [0.15, 0.2) is 66.7 Å². The van der Waals surface area contributed by atoms with Gasteiger partial charge in [-0.1, -0.05) is 41.9 Å². The molecule has 4 rings (SSSR count). The van der Waals surface area contributed by atoms with E-state index in [2.05, 4.69) is 37.4 Å². The van der Waals surface area contributed by atoms with E-state index in [4.69, 9.17) is 11.6 Å². The van der Waals surface area contributed by atoms with E-state index < -0.39 is 0 Å². The van der Waals surface area contributed by atoms with Crippen molar-refractivity contribution < 1.29 is 4.79 Å². The minimum atomic E-state index is -0.259. The molecule has 2 aromatic carbocycles. The summed E-state index contributed by atoms with van der Waals surface area (Å²) in [4.78, 5) is 17.0. The largest absolute Gasteiger partial charge is 0.354 e. The van der Waals surface area contributed by atoms with E-state index in [9.17, 15) is 4.79 Å².